The summed E-state index contributed by atoms with van der Waals surface area (Å²) in [7, 11) is 4.64. The lowest BCUT2D eigenvalue weighted by Gasteiger charge is -2.13. The van der Waals surface area contributed by atoms with Gasteiger partial charge in [0.25, 0.3) is 11.5 Å². The summed E-state index contributed by atoms with van der Waals surface area (Å²) in [6.45, 7) is 5.15. The smallest absolute Gasteiger partial charge is 0.332 e. The molecule has 3 aromatic rings. The SMILES string of the molecule is COCCCn1c(C(=O)Nc2ccc(C(C)C)cc2)cc2c(=O)n(C)c(=O)n(C)c21. The van der Waals surface area contributed by atoms with E-state index in [4.69, 9.17) is 4.74 Å². The Balaban J connectivity index is 2.07. The summed E-state index contributed by atoms with van der Waals surface area (Å²) in [5.74, 6) is 0.0611. The molecule has 8 nitrogen and oxygen atoms in total. The lowest BCUT2D eigenvalue weighted by atomic mass is 10.0. The predicted molar refractivity (Wildman–Crippen MR) is 117 cm³/mol. The van der Waals surface area contributed by atoms with Crippen LogP contribution in [0.25, 0.3) is 11.0 Å². The zero-order chi connectivity index (χ0) is 22.0. The number of aromatic nitrogens is 3. The highest BCUT2D eigenvalue weighted by Crippen LogP contribution is 2.20. The van der Waals surface area contributed by atoms with Crippen LogP contribution in [0.3, 0.4) is 0 Å². The van der Waals surface area contributed by atoms with E-state index in [9.17, 15) is 14.4 Å². The average molecular weight is 412 g/mol. The molecule has 1 N–H and O–H groups in total. The summed E-state index contributed by atoms with van der Waals surface area (Å²) >= 11 is 0. The average Bonchev–Trinajstić information content (AvgIpc) is 3.11. The van der Waals surface area contributed by atoms with Gasteiger partial charge >= 0.3 is 5.69 Å². The summed E-state index contributed by atoms with van der Waals surface area (Å²) in [4.78, 5) is 38.2. The number of anilines is 1. The number of carbonyl (C=O) groups excluding carboxylic acids is 1. The molecule has 0 saturated carbocycles. The van der Waals surface area contributed by atoms with Crippen LogP contribution >= 0.6 is 0 Å². The normalized spacial score (nSPS) is 11.4. The molecule has 0 aliphatic carbocycles. The Bertz CT molecular complexity index is 1180. The van der Waals surface area contributed by atoms with Crippen molar-refractivity contribution >= 4 is 22.6 Å². The summed E-state index contributed by atoms with van der Waals surface area (Å²) in [5.41, 5.74) is 1.75. The van der Waals surface area contributed by atoms with Gasteiger partial charge in [0.15, 0.2) is 0 Å². The van der Waals surface area contributed by atoms with Gasteiger partial charge < -0.3 is 14.6 Å². The molecule has 2 aromatic heterocycles. The Morgan fingerprint density at radius 1 is 1.10 bits per heavy atom. The second-order valence-electron chi connectivity index (χ2n) is 7.70. The van der Waals surface area contributed by atoms with Gasteiger partial charge in [-0.1, -0.05) is 26.0 Å². The first kappa shape index (κ1) is 21.6. The number of carbonyl (C=O) groups is 1. The van der Waals surface area contributed by atoms with Crippen molar-refractivity contribution in [2.45, 2.75) is 32.7 Å². The minimum Gasteiger partial charge on any atom is -0.385 e. The number of hydrogen-bond acceptors (Lipinski definition) is 4. The van der Waals surface area contributed by atoms with Crippen molar-refractivity contribution in [2.75, 3.05) is 19.0 Å². The zero-order valence-electron chi connectivity index (χ0n) is 18.1. The van der Waals surface area contributed by atoms with Crippen molar-refractivity contribution in [3.63, 3.8) is 0 Å². The molecule has 160 valence electrons. The molecule has 0 radical (unpaired) electrons. The molecule has 1 amide bonds. The number of nitrogens with one attached hydrogen (secondary N) is 1. The fraction of sp³-hybridized carbons (Fsp3) is 0.409. The molecule has 0 atom stereocenters. The van der Waals surface area contributed by atoms with E-state index in [-0.39, 0.29) is 5.91 Å². The number of aryl methyl sites for hydroxylation is 2. The maximum absolute atomic E-state index is 13.1. The Morgan fingerprint density at radius 2 is 1.77 bits per heavy atom. The third kappa shape index (κ3) is 3.95. The maximum Gasteiger partial charge on any atom is 0.332 e. The zero-order valence-corrected chi connectivity index (χ0v) is 18.1. The van der Waals surface area contributed by atoms with E-state index in [0.717, 1.165) is 4.57 Å². The van der Waals surface area contributed by atoms with E-state index in [1.54, 1.807) is 24.8 Å². The molecule has 0 spiro atoms. The van der Waals surface area contributed by atoms with Crippen LogP contribution in [0.2, 0.25) is 0 Å². The number of methoxy groups -OCH3 is 1. The first-order valence-electron chi connectivity index (χ1n) is 9.95. The Kier molecular flexibility index (Phi) is 6.26. The maximum atomic E-state index is 13.1. The van der Waals surface area contributed by atoms with E-state index in [2.05, 4.69) is 19.2 Å². The second kappa shape index (κ2) is 8.71. The van der Waals surface area contributed by atoms with Gasteiger partial charge in [0, 0.05) is 40.0 Å². The van der Waals surface area contributed by atoms with Gasteiger partial charge in [0.05, 0.1) is 5.39 Å². The standard InChI is InChI=1S/C22H28N4O4/c1-14(2)15-7-9-16(10-8-15)23-19(27)18-13-17-20(26(18)11-6-12-30-5)24(3)22(29)25(4)21(17)28/h7-10,13-14H,6,11-12H2,1-5H3,(H,23,27). The number of hydrogen-bond donors (Lipinski definition) is 1. The van der Waals surface area contributed by atoms with Gasteiger partial charge in [-0.2, -0.15) is 0 Å². The first-order chi connectivity index (χ1) is 14.3. The topological polar surface area (TPSA) is 87.3 Å². The number of nitrogens with zero attached hydrogens (tertiary/aromatic N) is 3. The second-order valence-corrected chi connectivity index (χ2v) is 7.70. The molecule has 0 saturated heterocycles. The van der Waals surface area contributed by atoms with Gasteiger partial charge in [-0.15, -0.1) is 0 Å². The highest BCUT2D eigenvalue weighted by molar-refractivity contribution is 6.06. The van der Waals surface area contributed by atoms with Crippen LogP contribution in [0.4, 0.5) is 5.69 Å². The van der Waals surface area contributed by atoms with E-state index < -0.39 is 11.2 Å². The van der Waals surface area contributed by atoms with Gasteiger partial charge in [-0.3, -0.25) is 18.7 Å². The molecule has 1 aromatic carbocycles. The van der Waals surface area contributed by atoms with Gasteiger partial charge in [0.1, 0.15) is 11.3 Å². The highest BCUT2D eigenvalue weighted by atomic mass is 16.5. The third-order valence-electron chi connectivity index (χ3n) is 5.29. The van der Waals surface area contributed by atoms with Crippen LogP contribution < -0.4 is 16.6 Å². The molecular formula is C22H28N4O4. The molecule has 0 fully saturated rings. The van der Waals surface area contributed by atoms with E-state index >= 15 is 0 Å². The lowest BCUT2D eigenvalue weighted by molar-refractivity contribution is 0.101. The largest absolute Gasteiger partial charge is 0.385 e. The molecular weight excluding hydrogens is 384 g/mol. The fourth-order valence-electron chi connectivity index (χ4n) is 3.57. The molecule has 30 heavy (non-hydrogen) atoms. The first-order valence-corrected chi connectivity index (χ1v) is 9.95. The molecule has 0 aliphatic rings. The molecule has 3 rings (SSSR count). The Morgan fingerprint density at radius 3 is 2.37 bits per heavy atom. The van der Waals surface area contributed by atoms with Crippen LogP contribution in [0.1, 0.15) is 42.2 Å². The summed E-state index contributed by atoms with van der Waals surface area (Å²) in [6, 6.07) is 9.24. The number of ether oxygens (including phenoxy) is 1. The van der Waals surface area contributed by atoms with Crippen molar-refractivity contribution in [3.8, 4) is 0 Å². The third-order valence-corrected chi connectivity index (χ3v) is 5.29. The Labute approximate surface area is 174 Å². The quantitative estimate of drug-likeness (QED) is 0.604. The molecule has 8 heteroatoms. The van der Waals surface area contributed by atoms with Crippen molar-refractivity contribution < 1.29 is 9.53 Å². The van der Waals surface area contributed by atoms with E-state index in [1.807, 2.05) is 24.3 Å². The molecule has 0 unspecified atom stereocenters. The van der Waals surface area contributed by atoms with Crippen molar-refractivity contribution in [1.29, 1.82) is 0 Å². The summed E-state index contributed by atoms with van der Waals surface area (Å²) < 4.78 is 9.29. The van der Waals surface area contributed by atoms with Crippen LogP contribution in [-0.2, 0) is 25.4 Å². The minimum absolute atomic E-state index is 0.326. The van der Waals surface area contributed by atoms with Crippen molar-refractivity contribution in [1.82, 2.24) is 13.7 Å². The number of benzene rings is 1. The number of fused-ring (bicyclic) bond motifs is 1. The summed E-state index contributed by atoms with van der Waals surface area (Å²) in [6.07, 6.45) is 0.632. The Hall–Kier alpha value is -3.13. The molecule has 2 heterocycles. The van der Waals surface area contributed by atoms with Crippen LogP contribution in [0.5, 0.6) is 0 Å². The monoisotopic (exact) mass is 412 g/mol. The van der Waals surface area contributed by atoms with Crippen LogP contribution in [-0.4, -0.2) is 33.3 Å². The van der Waals surface area contributed by atoms with Gasteiger partial charge in [0.2, 0.25) is 0 Å². The van der Waals surface area contributed by atoms with Crippen molar-refractivity contribution in [2.24, 2.45) is 14.1 Å². The highest BCUT2D eigenvalue weighted by Gasteiger charge is 2.21. The van der Waals surface area contributed by atoms with Gasteiger partial charge in [-0.25, -0.2) is 4.79 Å². The number of amides is 1. The van der Waals surface area contributed by atoms with E-state index in [0.29, 0.717) is 47.9 Å². The lowest BCUT2D eigenvalue weighted by Crippen LogP contribution is -2.37. The molecule has 0 bridgehead atoms. The minimum atomic E-state index is -0.435. The van der Waals surface area contributed by atoms with Gasteiger partial charge in [-0.05, 0) is 36.1 Å². The van der Waals surface area contributed by atoms with Crippen LogP contribution in [0, 0.1) is 0 Å². The molecule has 0 aliphatic heterocycles. The van der Waals surface area contributed by atoms with Crippen molar-refractivity contribution in [3.05, 3.63) is 62.4 Å². The fourth-order valence-corrected chi connectivity index (χ4v) is 3.57. The number of rotatable bonds is 7. The van der Waals surface area contributed by atoms with Crippen LogP contribution in [0.15, 0.2) is 39.9 Å². The predicted octanol–water partition coefficient (Wildman–Crippen LogP) is 2.45. The summed E-state index contributed by atoms with van der Waals surface area (Å²) in [5, 5.41) is 3.23. The van der Waals surface area contributed by atoms with E-state index in [1.165, 1.54) is 17.2 Å².